The number of phenolic OH excluding ortho intramolecular Hbond substituents is 1. The molecule has 3 aromatic rings. The maximum absolute atomic E-state index is 12.7. The number of hydrogen-bond acceptors (Lipinski definition) is 3. The molecule has 1 aliphatic rings. The first-order chi connectivity index (χ1) is 12.1. The Morgan fingerprint density at radius 2 is 1.96 bits per heavy atom. The topological polar surface area (TPSA) is 51.5 Å². The van der Waals surface area contributed by atoms with Crippen molar-refractivity contribution in [3.05, 3.63) is 65.4 Å². The molecule has 4 heteroatoms. The molecule has 2 atom stereocenters. The molecular formula is C21H21NO3. The molecule has 0 unspecified atom stereocenters. The van der Waals surface area contributed by atoms with Crippen LogP contribution < -0.4 is 0 Å². The number of rotatable bonds is 4. The van der Waals surface area contributed by atoms with E-state index in [2.05, 4.69) is 28.8 Å². The predicted molar refractivity (Wildman–Crippen MR) is 97.1 cm³/mol. The van der Waals surface area contributed by atoms with E-state index >= 15 is 0 Å². The van der Waals surface area contributed by atoms with Gasteiger partial charge in [0.05, 0.1) is 12.2 Å². The second-order valence-electron chi connectivity index (χ2n) is 6.60. The summed E-state index contributed by atoms with van der Waals surface area (Å²) < 4.78 is 7.39. The van der Waals surface area contributed by atoms with Crippen molar-refractivity contribution in [3.8, 4) is 5.75 Å². The smallest absolute Gasteiger partial charge is 0.340 e. The van der Waals surface area contributed by atoms with E-state index in [4.69, 9.17) is 4.74 Å². The van der Waals surface area contributed by atoms with Crippen molar-refractivity contribution >= 4 is 16.9 Å². The second-order valence-corrected chi connectivity index (χ2v) is 6.60. The number of aromatic nitrogens is 1. The van der Waals surface area contributed by atoms with E-state index in [1.807, 2.05) is 26.1 Å². The van der Waals surface area contributed by atoms with Gasteiger partial charge in [-0.1, -0.05) is 30.3 Å². The van der Waals surface area contributed by atoms with Gasteiger partial charge in [-0.2, -0.15) is 0 Å². The van der Waals surface area contributed by atoms with Crippen molar-refractivity contribution in [2.24, 2.45) is 7.05 Å². The third-order valence-electron chi connectivity index (χ3n) is 5.08. The normalized spacial score (nSPS) is 19.1. The number of benzene rings is 2. The summed E-state index contributed by atoms with van der Waals surface area (Å²) >= 11 is 0. The number of carbonyl (C=O) groups excluding carboxylic acids is 1. The largest absolute Gasteiger partial charge is 0.508 e. The van der Waals surface area contributed by atoms with Crippen molar-refractivity contribution in [2.75, 3.05) is 6.61 Å². The van der Waals surface area contributed by atoms with Gasteiger partial charge in [-0.3, -0.25) is 0 Å². The molecule has 0 spiro atoms. The first-order valence-electron chi connectivity index (χ1n) is 8.65. The number of phenols is 1. The van der Waals surface area contributed by atoms with Crippen molar-refractivity contribution in [3.63, 3.8) is 0 Å². The summed E-state index contributed by atoms with van der Waals surface area (Å²) in [7, 11) is 1.98. The number of aromatic hydroxyl groups is 1. The summed E-state index contributed by atoms with van der Waals surface area (Å²) in [6.07, 6.45) is 1.02. The fourth-order valence-electron chi connectivity index (χ4n) is 3.87. The molecule has 2 aromatic carbocycles. The molecule has 1 heterocycles. The highest BCUT2D eigenvalue weighted by molar-refractivity contribution is 6.06. The standard InChI is InChI=1S/C21H21NO3/c1-3-25-21(24)19-17-11-14(23)9-10-18(17)22(2)20(19)16-12-15(16)13-7-5-4-6-8-13/h4-11,15-16,23H,3,12H2,1-2H3/t15-,16+/m0/s1. The summed E-state index contributed by atoms with van der Waals surface area (Å²) in [4.78, 5) is 12.7. The van der Waals surface area contributed by atoms with Gasteiger partial charge < -0.3 is 14.4 Å². The zero-order valence-corrected chi connectivity index (χ0v) is 14.4. The molecular weight excluding hydrogens is 314 g/mol. The zero-order valence-electron chi connectivity index (χ0n) is 14.4. The summed E-state index contributed by atoms with van der Waals surface area (Å²) in [6.45, 7) is 2.14. The molecule has 25 heavy (non-hydrogen) atoms. The number of fused-ring (bicyclic) bond motifs is 1. The van der Waals surface area contributed by atoms with Gasteiger partial charge in [0.15, 0.2) is 0 Å². The highest BCUT2D eigenvalue weighted by atomic mass is 16.5. The van der Waals surface area contributed by atoms with Crippen LogP contribution in [-0.4, -0.2) is 22.2 Å². The molecule has 1 aliphatic carbocycles. The molecule has 0 bridgehead atoms. The molecule has 4 rings (SSSR count). The minimum absolute atomic E-state index is 0.158. The number of aryl methyl sites for hydroxylation is 1. The maximum atomic E-state index is 12.7. The summed E-state index contributed by atoms with van der Waals surface area (Å²) in [5, 5.41) is 10.6. The first kappa shape index (κ1) is 15.8. The number of nitrogens with zero attached hydrogens (tertiary/aromatic N) is 1. The van der Waals surface area contributed by atoms with Crippen molar-refractivity contribution in [2.45, 2.75) is 25.2 Å². The summed E-state index contributed by atoms with van der Waals surface area (Å²) in [5.74, 6) is 0.561. The Kier molecular flexibility index (Phi) is 3.75. The Balaban J connectivity index is 1.84. The Morgan fingerprint density at radius 1 is 1.20 bits per heavy atom. The minimum atomic E-state index is -0.313. The molecule has 1 N–H and O–H groups in total. The van der Waals surface area contributed by atoms with E-state index in [9.17, 15) is 9.90 Å². The number of carbonyl (C=O) groups is 1. The highest BCUT2D eigenvalue weighted by Crippen LogP contribution is 2.56. The lowest BCUT2D eigenvalue weighted by molar-refractivity contribution is 0.0527. The molecule has 1 fully saturated rings. The van der Waals surface area contributed by atoms with Gasteiger partial charge >= 0.3 is 5.97 Å². The molecule has 0 saturated heterocycles. The third kappa shape index (κ3) is 2.58. The summed E-state index contributed by atoms with van der Waals surface area (Å²) in [6, 6.07) is 15.6. The zero-order chi connectivity index (χ0) is 17.6. The van der Waals surface area contributed by atoms with Crippen LogP contribution in [0.4, 0.5) is 0 Å². The quantitative estimate of drug-likeness (QED) is 0.722. The predicted octanol–water partition coefficient (Wildman–Crippen LogP) is 4.33. The number of esters is 1. The van der Waals surface area contributed by atoms with Gasteiger partial charge in [-0.05, 0) is 43.0 Å². The molecule has 0 aliphatic heterocycles. The van der Waals surface area contributed by atoms with Gasteiger partial charge in [-0.15, -0.1) is 0 Å². The SMILES string of the molecule is CCOC(=O)c1c([C@@H]2C[C@H]2c2ccccc2)n(C)c2ccc(O)cc12. The molecule has 128 valence electrons. The van der Waals surface area contributed by atoms with Crippen LogP contribution in [0.2, 0.25) is 0 Å². The van der Waals surface area contributed by atoms with Crippen LogP contribution in [0.15, 0.2) is 48.5 Å². The van der Waals surface area contributed by atoms with Crippen molar-refractivity contribution in [1.29, 1.82) is 0 Å². The average molecular weight is 335 g/mol. The molecule has 0 amide bonds. The Hall–Kier alpha value is -2.75. The summed E-state index contributed by atoms with van der Waals surface area (Å²) in [5.41, 5.74) is 3.84. The minimum Gasteiger partial charge on any atom is -0.508 e. The van der Waals surface area contributed by atoms with Gasteiger partial charge in [-0.25, -0.2) is 4.79 Å². The van der Waals surface area contributed by atoms with E-state index in [1.165, 1.54) is 5.56 Å². The number of ether oxygens (including phenoxy) is 1. The van der Waals surface area contributed by atoms with Gasteiger partial charge in [0.1, 0.15) is 5.75 Å². The third-order valence-corrected chi connectivity index (χ3v) is 5.08. The van der Waals surface area contributed by atoms with E-state index < -0.39 is 0 Å². The Morgan fingerprint density at radius 3 is 2.68 bits per heavy atom. The van der Waals surface area contributed by atoms with E-state index in [1.54, 1.807) is 12.1 Å². The van der Waals surface area contributed by atoms with Crippen LogP contribution in [0.25, 0.3) is 10.9 Å². The van der Waals surface area contributed by atoms with Crippen LogP contribution in [0.5, 0.6) is 5.75 Å². The van der Waals surface area contributed by atoms with Gasteiger partial charge in [0.25, 0.3) is 0 Å². The van der Waals surface area contributed by atoms with Crippen LogP contribution >= 0.6 is 0 Å². The average Bonchev–Trinajstić information content (AvgIpc) is 3.35. The van der Waals surface area contributed by atoms with Crippen LogP contribution in [-0.2, 0) is 11.8 Å². The monoisotopic (exact) mass is 335 g/mol. The molecule has 0 radical (unpaired) electrons. The van der Waals surface area contributed by atoms with Gasteiger partial charge in [0, 0.05) is 29.6 Å². The fourth-order valence-corrected chi connectivity index (χ4v) is 3.87. The maximum Gasteiger partial charge on any atom is 0.340 e. The molecule has 4 nitrogen and oxygen atoms in total. The number of hydrogen-bond donors (Lipinski definition) is 1. The molecule has 1 aromatic heterocycles. The molecule has 1 saturated carbocycles. The lowest BCUT2D eigenvalue weighted by Gasteiger charge is -2.08. The van der Waals surface area contributed by atoms with E-state index in [-0.39, 0.29) is 11.7 Å². The van der Waals surface area contributed by atoms with Crippen LogP contribution in [0.1, 0.15) is 46.8 Å². The van der Waals surface area contributed by atoms with Crippen LogP contribution in [0, 0.1) is 0 Å². The first-order valence-corrected chi connectivity index (χ1v) is 8.65. The van der Waals surface area contributed by atoms with Crippen LogP contribution in [0.3, 0.4) is 0 Å². The Labute approximate surface area is 146 Å². The van der Waals surface area contributed by atoms with E-state index in [0.29, 0.717) is 24.0 Å². The second kappa shape index (κ2) is 5.96. The van der Waals surface area contributed by atoms with Gasteiger partial charge in [0.2, 0.25) is 0 Å². The fraction of sp³-hybridized carbons (Fsp3) is 0.286. The Bertz CT molecular complexity index is 943. The highest BCUT2D eigenvalue weighted by Gasteiger charge is 2.44. The van der Waals surface area contributed by atoms with Crippen molar-refractivity contribution < 1.29 is 14.6 Å². The lowest BCUT2D eigenvalue weighted by Crippen LogP contribution is -2.08. The lowest BCUT2D eigenvalue weighted by atomic mass is 10.0. The van der Waals surface area contributed by atoms with Crippen molar-refractivity contribution in [1.82, 2.24) is 4.57 Å². The van der Waals surface area contributed by atoms with E-state index in [0.717, 1.165) is 23.0 Å².